The van der Waals surface area contributed by atoms with Crippen molar-refractivity contribution in [2.45, 2.75) is 63.5 Å². The number of thiophene rings is 1. The minimum absolute atomic E-state index is 0.373. The lowest BCUT2D eigenvalue weighted by Crippen LogP contribution is -2.41. The average Bonchev–Trinajstić information content (AvgIpc) is 3.28. The van der Waals surface area contributed by atoms with Gasteiger partial charge in [-0.25, -0.2) is 0 Å². The second-order valence-electron chi connectivity index (χ2n) is 10.2. The van der Waals surface area contributed by atoms with Crippen LogP contribution in [0.5, 0.6) is 0 Å². The van der Waals surface area contributed by atoms with Crippen LogP contribution in [-0.4, -0.2) is 12.1 Å². The van der Waals surface area contributed by atoms with E-state index in [9.17, 15) is 0 Å². The Morgan fingerprint density at radius 1 is 0.853 bits per heavy atom. The predicted molar refractivity (Wildman–Crippen MR) is 149 cm³/mol. The van der Waals surface area contributed by atoms with Crippen LogP contribution in [0.2, 0.25) is 0 Å². The van der Waals surface area contributed by atoms with Crippen LogP contribution >= 0.6 is 11.3 Å². The molecule has 0 fully saturated rings. The Morgan fingerprint density at radius 2 is 1.79 bits per heavy atom. The van der Waals surface area contributed by atoms with E-state index in [1.54, 1.807) is 4.88 Å². The SMILES string of the molecule is C1=CC(C2=CCCCC2NC2C=Cc3ccc4ccc5sc6c(c5c4c3C2)C=CCC6)=CCC1. The van der Waals surface area contributed by atoms with Gasteiger partial charge in [-0.2, -0.15) is 0 Å². The largest absolute Gasteiger partial charge is 0.303 e. The molecule has 2 unspecified atom stereocenters. The molecule has 2 aromatic carbocycles. The van der Waals surface area contributed by atoms with Gasteiger partial charge in [-0.3, -0.25) is 0 Å². The van der Waals surface area contributed by atoms with Crippen molar-refractivity contribution >= 4 is 44.3 Å². The van der Waals surface area contributed by atoms with Crippen LogP contribution in [0.3, 0.4) is 0 Å². The molecular formula is C32H31NS. The molecule has 1 nitrogen and oxygen atoms in total. The average molecular weight is 462 g/mol. The zero-order chi connectivity index (χ0) is 22.5. The van der Waals surface area contributed by atoms with Gasteiger partial charge in [0, 0.05) is 27.0 Å². The standard InChI is InChI=1S/C32H31NS/c1-2-8-21(9-3-1)25-10-4-6-12-28(25)33-24-18-16-22-14-15-23-17-19-30-32(31(23)27(22)20-24)26-11-5-7-13-29(26)34-30/h2,5,8-11,14-19,24,28,33H,1,3-4,6-7,12-13,20H2. The number of hydrogen-bond donors (Lipinski definition) is 1. The van der Waals surface area contributed by atoms with Gasteiger partial charge in [0.15, 0.2) is 0 Å². The fourth-order valence-electron chi connectivity index (χ4n) is 6.40. The molecule has 2 heteroatoms. The van der Waals surface area contributed by atoms with E-state index in [0.717, 1.165) is 6.42 Å². The summed E-state index contributed by atoms with van der Waals surface area (Å²) in [5.41, 5.74) is 7.39. The maximum atomic E-state index is 4.07. The molecular weight excluding hydrogens is 430 g/mol. The van der Waals surface area contributed by atoms with E-state index < -0.39 is 0 Å². The summed E-state index contributed by atoms with van der Waals surface area (Å²) < 4.78 is 1.45. The van der Waals surface area contributed by atoms with Crippen LogP contribution in [0, 0.1) is 0 Å². The van der Waals surface area contributed by atoms with Crippen LogP contribution in [0.4, 0.5) is 0 Å². The van der Waals surface area contributed by atoms with Gasteiger partial charge in [0.2, 0.25) is 0 Å². The third-order valence-corrected chi connectivity index (χ3v) is 9.26. The molecule has 0 amide bonds. The van der Waals surface area contributed by atoms with Gasteiger partial charge >= 0.3 is 0 Å². The molecule has 1 aromatic heterocycles. The van der Waals surface area contributed by atoms with Crippen molar-refractivity contribution in [2.24, 2.45) is 0 Å². The van der Waals surface area contributed by atoms with Crippen LogP contribution in [0.15, 0.2) is 71.9 Å². The second kappa shape index (κ2) is 8.52. The minimum Gasteiger partial charge on any atom is -0.303 e. The number of nitrogens with one attached hydrogen (secondary N) is 1. The number of benzene rings is 2. The number of allylic oxidation sites excluding steroid dienone is 5. The summed E-state index contributed by atoms with van der Waals surface area (Å²) in [7, 11) is 0. The van der Waals surface area contributed by atoms with Crippen LogP contribution in [0.1, 0.15) is 60.1 Å². The van der Waals surface area contributed by atoms with E-state index in [2.05, 4.69) is 78.2 Å². The molecule has 0 saturated carbocycles. The normalized spacial score (nSPS) is 23.6. The third kappa shape index (κ3) is 3.47. The maximum absolute atomic E-state index is 4.07. The molecule has 0 spiro atoms. The Labute approximate surface area is 206 Å². The summed E-state index contributed by atoms with van der Waals surface area (Å²) in [6, 6.07) is 10.2. The van der Waals surface area contributed by atoms with Gasteiger partial charge in [0.1, 0.15) is 0 Å². The summed E-state index contributed by atoms with van der Waals surface area (Å²) in [5.74, 6) is 0. The van der Waals surface area contributed by atoms with Gasteiger partial charge < -0.3 is 5.32 Å². The molecule has 0 radical (unpaired) electrons. The van der Waals surface area contributed by atoms with Gasteiger partial charge in [-0.05, 0) is 96.0 Å². The fourth-order valence-corrected chi connectivity index (χ4v) is 7.61. The molecule has 3 aromatic rings. The molecule has 2 atom stereocenters. The predicted octanol–water partition coefficient (Wildman–Crippen LogP) is 8.30. The minimum atomic E-state index is 0.373. The molecule has 4 aliphatic carbocycles. The Balaban J connectivity index is 1.27. The quantitative estimate of drug-likeness (QED) is 0.414. The molecule has 34 heavy (non-hydrogen) atoms. The zero-order valence-corrected chi connectivity index (χ0v) is 20.5. The van der Waals surface area contributed by atoms with Gasteiger partial charge in [-0.15, -0.1) is 11.3 Å². The van der Waals surface area contributed by atoms with Crippen LogP contribution in [0.25, 0.3) is 33.0 Å². The molecule has 170 valence electrons. The van der Waals surface area contributed by atoms with E-state index in [-0.39, 0.29) is 0 Å². The monoisotopic (exact) mass is 461 g/mol. The summed E-state index contributed by atoms with van der Waals surface area (Å²) in [6.45, 7) is 0. The number of fused-ring (bicyclic) bond motifs is 7. The first-order chi connectivity index (χ1) is 16.8. The van der Waals surface area contributed by atoms with E-state index >= 15 is 0 Å². The molecule has 0 bridgehead atoms. The topological polar surface area (TPSA) is 12.0 Å². The van der Waals surface area contributed by atoms with Crippen molar-refractivity contribution in [3.8, 4) is 0 Å². The summed E-state index contributed by atoms with van der Waals surface area (Å²) >= 11 is 2.01. The maximum Gasteiger partial charge on any atom is 0.0358 e. The van der Waals surface area contributed by atoms with Crippen molar-refractivity contribution in [1.29, 1.82) is 0 Å². The third-order valence-electron chi connectivity index (χ3n) is 8.03. The van der Waals surface area contributed by atoms with Gasteiger partial charge in [0.05, 0.1) is 0 Å². The highest BCUT2D eigenvalue weighted by Gasteiger charge is 2.26. The smallest absolute Gasteiger partial charge is 0.0358 e. The van der Waals surface area contributed by atoms with Crippen molar-refractivity contribution in [2.75, 3.05) is 0 Å². The lowest BCUT2D eigenvalue weighted by molar-refractivity contribution is 0.464. The molecule has 7 rings (SSSR count). The first-order valence-corrected chi connectivity index (χ1v) is 13.8. The summed E-state index contributed by atoms with van der Waals surface area (Å²) in [6.07, 6.45) is 28.6. The van der Waals surface area contributed by atoms with Crippen molar-refractivity contribution in [3.63, 3.8) is 0 Å². The molecule has 1 N–H and O–H groups in total. The highest BCUT2D eigenvalue weighted by molar-refractivity contribution is 7.19. The highest BCUT2D eigenvalue weighted by atomic mass is 32.1. The highest BCUT2D eigenvalue weighted by Crippen LogP contribution is 2.42. The summed E-state index contributed by atoms with van der Waals surface area (Å²) in [4.78, 5) is 1.56. The van der Waals surface area contributed by atoms with Crippen LogP contribution < -0.4 is 5.32 Å². The first-order valence-electron chi connectivity index (χ1n) is 13.0. The first kappa shape index (κ1) is 20.7. The van der Waals surface area contributed by atoms with Crippen LogP contribution in [-0.2, 0) is 12.8 Å². The van der Waals surface area contributed by atoms with E-state index in [4.69, 9.17) is 0 Å². The van der Waals surface area contributed by atoms with Crippen molar-refractivity contribution in [1.82, 2.24) is 5.32 Å². The number of hydrogen-bond acceptors (Lipinski definition) is 2. The molecule has 1 heterocycles. The molecule has 0 aliphatic heterocycles. The lowest BCUT2D eigenvalue weighted by Gasteiger charge is -2.32. The second-order valence-corrected chi connectivity index (χ2v) is 11.3. The molecule has 4 aliphatic rings. The van der Waals surface area contributed by atoms with Crippen molar-refractivity contribution < 1.29 is 0 Å². The van der Waals surface area contributed by atoms with Crippen molar-refractivity contribution in [3.05, 3.63) is 93.4 Å². The van der Waals surface area contributed by atoms with E-state index in [1.165, 1.54) is 93.6 Å². The van der Waals surface area contributed by atoms with Gasteiger partial charge in [-0.1, -0.05) is 66.8 Å². The number of aryl methyl sites for hydroxylation is 1. The van der Waals surface area contributed by atoms with E-state index in [1.807, 2.05) is 11.3 Å². The Hall–Kier alpha value is -2.68. The number of rotatable bonds is 3. The van der Waals surface area contributed by atoms with E-state index in [0.29, 0.717) is 12.1 Å². The fraction of sp³-hybridized carbons (Fsp3) is 0.312. The van der Waals surface area contributed by atoms with Gasteiger partial charge in [0.25, 0.3) is 0 Å². The Kier molecular flexibility index (Phi) is 5.18. The Bertz CT molecular complexity index is 1440. The molecule has 0 saturated heterocycles. The summed E-state index contributed by atoms with van der Waals surface area (Å²) in [5, 5.41) is 8.45. The Morgan fingerprint density at radius 3 is 2.74 bits per heavy atom. The zero-order valence-electron chi connectivity index (χ0n) is 19.6. The lowest BCUT2D eigenvalue weighted by atomic mass is 9.84.